The maximum atomic E-state index is 12.6. The molecule has 0 unspecified atom stereocenters. The zero-order valence-electron chi connectivity index (χ0n) is 14.8. The smallest absolute Gasteiger partial charge is 0.222 e. The fraction of sp³-hybridized carbons (Fsp3) is 0.350. The third-order valence-electron chi connectivity index (χ3n) is 4.73. The number of hydrogen-bond acceptors (Lipinski definition) is 4. The number of methoxy groups -OCH3 is 1. The van der Waals surface area contributed by atoms with Gasteiger partial charge in [0.1, 0.15) is 11.0 Å². The van der Waals surface area contributed by atoms with Gasteiger partial charge in [0.15, 0.2) is 9.84 Å². The van der Waals surface area contributed by atoms with Crippen LogP contribution in [0, 0.1) is 0 Å². The molecular weight excluding hydrogens is 350 g/mol. The molecule has 0 aliphatic carbocycles. The molecule has 138 valence electrons. The number of rotatable bonds is 7. The molecule has 0 atom stereocenters. The van der Waals surface area contributed by atoms with Crippen molar-refractivity contribution in [3.8, 4) is 5.75 Å². The fourth-order valence-electron chi connectivity index (χ4n) is 3.04. The molecule has 0 radical (unpaired) electrons. The van der Waals surface area contributed by atoms with Crippen molar-refractivity contribution in [2.45, 2.75) is 29.4 Å². The third kappa shape index (κ3) is 4.07. The van der Waals surface area contributed by atoms with Crippen LogP contribution in [0.15, 0.2) is 59.5 Å². The molecule has 5 nitrogen and oxygen atoms in total. The zero-order valence-corrected chi connectivity index (χ0v) is 15.6. The van der Waals surface area contributed by atoms with Crippen LogP contribution in [0.1, 0.15) is 18.4 Å². The van der Waals surface area contributed by atoms with E-state index in [9.17, 15) is 13.2 Å². The summed E-state index contributed by atoms with van der Waals surface area (Å²) in [6.07, 6.45) is 2.08. The van der Waals surface area contributed by atoms with Crippen LogP contribution in [-0.4, -0.2) is 44.7 Å². The summed E-state index contributed by atoms with van der Waals surface area (Å²) in [5, 5.41) is -0.519. The predicted molar refractivity (Wildman–Crippen MR) is 99.9 cm³/mol. The van der Waals surface area contributed by atoms with Gasteiger partial charge in [0, 0.05) is 19.5 Å². The summed E-state index contributed by atoms with van der Waals surface area (Å²) in [6, 6.07) is 16.4. The second-order valence-corrected chi connectivity index (χ2v) is 8.71. The lowest BCUT2D eigenvalue weighted by Gasteiger charge is -2.38. The van der Waals surface area contributed by atoms with Crippen molar-refractivity contribution >= 4 is 15.7 Å². The van der Waals surface area contributed by atoms with E-state index >= 15 is 0 Å². The van der Waals surface area contributed by atoms with Crippen molar-refractivity contribution in [2.24, 2.45) is 0 Å². The Morgan fingerprint density at radius 2 is 1.73 bits per heavy atom. The maximum Gasteiger partial charge on any atom is 0.222 e. The molecular formula is C20H23NO4S. The van der Waals surface area contributed by atoms with E-state index < -0.39 is 15.1 Å². The maximum absolute atomic E-state index is 12.6. The molecule has 1 aliphatic heterocycles. The minimum atomic E-state index is -3.41. The van der Waals surface area contributed by atoms with Crippen LogP contribution >= 0.6 is 0 Å². The first-order valence-electron chi connectivity index (χ1n) is 8.70. The average Bonchev–Trinajstić information content (AvgIpc) is 2.61. The Balaban J connectivity index is 1.48. The molecule has 1 fully saturated rings. The predicted octanol–water partition coefficient (Wildman–Crippen LogP) is 2.70. The third-order valence-corrected chi connectivity index (χ3v) is 6.83. The van der Waals surface area contributed by atoms with Crippen LogP contribution in [-0.2, 0) is 21.1 Å². The number of benzene rings is 2. The second-order valence-electron chi connectivity index (χ2n) is 6.48. The number of nitrogens with zero attached hydrogens (tertiary/aromatic N) is 1. The van der Waals surface area contributed by atoms with Gasteiger partial charge < -0.3 is 9.64 Å². The summed E-state index contributed by atoms with van der Waals surface area (Å²) >= 11 is 0. The lowest BCUT2D eigenvalue weighted by atomic mass is 10.1. The van der Waals surface area contributed by atoms with Gasteiger partial charge in [-0.15, -0.1) is 0 Å². The largest absolute Gasteiger partial charge is 0.497 e. The summed E-state index contributed by atoms with van der Waals surface area (Å²) in [4.78, 5) is 14.1. The van der Waals surface area contributed by atoms with E-state index in [4.69, 9.17) is 4.74 Å². The molecule has 1 saturated heterocycles. The van der Waals surface area contributed by atoms with Gasteiger partial charge >= 0.3 is 0 Å². The highest BCUT2D eigenvalue weighted by atomic mass is 32.2. The molecule has 2 aromatic carbocycles. The van der Waals surface area contributed by atoms with Crippen molar-refractivity contribution in [2.75, 3.05) is 20.2 Å². The van der Waals surface area contributed by atoms with E-state index in [0.29, 0.717) is 12.2 Å². The van der Waals surface area contributed by atoms with Crippen molar-refractivity contribution in [1.29, 1.82) is 0 Å². The van der Waals surface area contributed by atoms with Crippen molar-refractivity contribution < 1.29 is 17.9 Å². The van der Waals surface area contributed by atoms with E-state index in [1.165, 1.54) is 12.7 Å². The molecule has 0 bridgehead atoms. The van der Waals surface area contributed by atoms with Crippen LogP contribution in [0.4, 0.5) is 0 Å². The average molecular weight is 373 g/mol. The zero-order chi connectivity index (χ0) is 18.6. The fourth-order valence-corrected chi connectivity index (χ4v) is 4.70. The van der Waals surface area contributed by atoms with Gasteiger partial charge in [0.05, 0.1) is 12.0 Å². The highest BCUT2D eigenvalue weighted by molar-refractivity contribution is 7.92. The molecule has 1 heterocycles. The topological polar surface area (TPSA) is 63.7 Å². The number of carbonyl (C=O) groups is 1. The van der Waals surface area contributed by atoms with Gasteiger partial charge in [-0.05, 0) is 42.7 Å². The molecule has 0 N–H and O–H groups in total. The van der Waals surface area contributed by atoms with Crippen molar-refractivity contribution in [3.05, 3.63) is 60.2 Å². The Kier molecular flexibility index (Phi) is 5.61. The van der Waals surface area contributed by atoms with Crippen LogP contribution in [0.2, 0.25) is 0 Å². The Morgan fingerprint density at radius 1 is 1.08 bits per heavy atom. The Hall–Kier alpha value is -2.34. The lowest BCUT2D eigenvalue weighted by Crippen LogP contribution is -2.56. The molecule has 2 aromatic rings. The molecule has 6 heteroatoms. The van der Waals surface area contributed by atoms with Crippen LogP contribution in [0.25, 0.3) is 0 Å². The van der Waals surface area contributed by atoms with E-state index in [-0.39, 0.29) is 23.9 Å². The van der Waals surface area contributed by atoms with Crippen LogP contribution in [0.3, 0.4) is 0 Å². The number of ether oxygens (including phenoxy) is 1. The molecule has 0 spiro atoms. The van der Waals surface area contributed by atoms with Crippen molar-refractivity contribution in [1.82, 2.24) is 4.90 Å². The number of carbonyl (C=O) groups excluding carboxylic acids is 1. The van der Waals surface area contributed by atoms with Gasteiger partial charge in [-0.1, -0.05) is 30.3 Å². The number of sulfone groups is 1. The minimum absolute atomic E-state index is 0.0297. The van der Waals surface area contributed by atoms with Crippen LogP contribution in [0.5, 0.6) is 5.75 Å². The number of likely N-dealkylation sites (tertiary alicyclic amines) is 1. The van der Waals surface area contributed by atoms with E-state index in [1.54, 1.807) is 29.2 Å². The van der Waals surface area contributed by atoms with Gasteiger partial charge in [0.2, 0.25) is 5.91 Å². The summed E-state index contributed by atoms with van der Waals surface area (Å²) in [5.41, 5.74) is 1.21. The Labute approximate surface area is 154 Å². The minimum Gasteiger partial charge on any atom is -0.497 e. The molecule has 0 saturated carbocycles. The molecule has 26 heavy (non-hydrogen) atoms. The van der Waals surface area contributed by atoms with Crippen molar-refractivity contribution in [3.63, 3.8) is 0 Å². The standard InChI is InChI=1S/C20H23NO4S/c1-25-17-10-12-18(13-11-17)26(23,24)19-14-21(15-19)20(22)9-5-8-16-6-3-2-4-7-16/h2-4,6-7,10-13,19H,5,8-9,14-15H2,1H3. The van der Waals surface area contributed by atoms with Gasteiger partial charge in [-0.2, -0.15) is 0 Å². The Bertz CT molecular complexity index is 841. The van der Waals surface area contributed by atoms with Gasteiger partial charge in [-0.25, -0.2) is 8.42 Å². The summed E-state index contributed by atoms with van der Waals surface area (Å²) in [6.45, 7) is 0.553. The molecule has 1 amide bonds. The number of aryl methyl sites for hydroxylation is 1. The second kappa shape index (κ2) is 7.91. The van der Waals surface area contributed by atoms with E-state index in [0.717, 1.165) is 12.8 Å². The van der Waals surface area contributed by atoms with E-state index in [1.807, 2.05) is 30.3 Å². The number of hydrogen-bond donors (Lipinski definition) is 0. The SMILES string of the molecule is COc1ccc(S(=O)(=O)C2CN(C(=O)CCCc3ccccc3)C2)cc1. The monoisotopic (exact) mass is 373 g/mol. The van der Waals surface area contributed by atoms with Crippen LogP contribution < -0.4 is 4.74 Å². The summed E-state index contributed by atoms with van der Waals surface area (Å²) < 4.78 is 30.3. The number of amides is 1. The van der Waals surface area contributed by atoms with Gasteiger partial charge in [0.25, 0.3) is 0 Å². The first-order chi connectivity index (χ1) is 12.5. The van der Waals surface area contributed by atoms with Gasteiger partial charge in [-0.3, -0.25) is 4.79 Å². The quantitative estimate of drug-likeness (QED) is 0.749. The summed E-state index contributed by atoms with van der Waals surface area (Å²) in [5.74, 6) is 0.648. The highest BCUT2D eigenvalue weighted by Gasteiger charge is 2.40. The molecule has 1 aliphatic rings. The van der Waals surface area contributed by atoms with E-state index in [2.05, 4.69) is 0 Å². The lowest BCUT2D eigenvalue weighted by molar-refractivity contribution is -0.134. The first-order valence-corrected chi connectivity index (χ1v) is 10.2. The first kappa shape index (κ1) is 18.5. The highest BCUT2D eigenvalue weighted by Crippen LogP contribution is 2.26. The Morgan fingerprint density at radius 3 is 2.35 bits per heavy atom. The molecule has 0 aromatic heterocycles. The summed E-state index contributed by atoms with van der Waals surface area (Å²) in [7, 11) is -1.87. The normalized spacial score (nSPS) is 14.7. The molecule has 3 rings (SSSR count).